The molecule has 0 aliphatic rings. The lowest BCUT2D eigenvalue weighted by Gasteiger charge is -2.19. The van der Waals surface area contributed by atoms with E-state index in [0.717, 1.165) is 0 Å². The van der Waals surface area contributed by atoms with Crippen molar-refractivity contribution in [3.8, 4) is 0 Å². The third-order valence-electron chi connectivity index (χ3n) is 2.36. The van der Waals surface area contributed by atoms with Gasteiger partial charge in [-0.1, -0.05) is 6.92 Å². The lowest BCUT2D eigenvalue weighted by Crippen LogP contribution is -2.35. The number of esters is 1. The van der Waals surface area contributed by atoms with Crippen LogP contribution < -0.4 is 0 Å². The summed E-state index contributed by atoms with van der Waals surface area (Å²) < 4.78 is 34.1. The van der Waals surface area contributed by atoms with Crippen molar-refractivity contribution in [2.75, 3.05) is 40.2 Å². The largest absolute Gasteiger partial charge is 0.469 e. The first kappa shape index (κ1) is 16.3. The summed E-state index contributed by atoms with van der Waals surface area (Å²) in [6, 6.07) is 0. The van der Waals surface area contributed by atoms with Crippen LogP contribution in [0.4, 0.5) is 0 Å². The summed E-state index contributed by atoms with van der Waals surface area (Å²) >= 11 is 0. The van der Waals surface area contributed by atoms with Gasteiger partial charge in [-0.25, -0.2) is 12.7 Å². The van der Waals surface area contributed by atoms with Gasteiger partial charge >= 0.3 is 5.97 Å². The second-order valence-electron chi connectivity index (χ2n) is 3.87. The maximum absolute atomic E-state index is 11.8. The molecule has 0 aromatic rings. The topological polar surface area (TPSA) is 72.9 Å². The summed E-state index contributed by atoms with van der Waals surface area (Å²) in [6.07, 6.45) is 0.440. The molecule has 0 aromatic heterocycles. The van der Waals surface area contributed by atoms with Crippen LogP contribution in [0.5, 0.6) is 0 Å². The molecule has 0 amide bonds. The molecule has 0 rings (SSSR count). The third kappa shape index (κ3) is 5.99. The molecule has 1 unspecified atom stereocenters. The Morgan fingerprint density at radius 1 is 1.35 bits per heavy atom. The summed E-state index contributed by atoms with van der Waals surface area (Å²) in [5.41, 5.74) is 0. The molecule has 0 aliphatic carbocycles. The van der Waals surface area contributed by atoms with E-state index >= 15 is 0 Å². The molecular formula is C10H21NO5S. The molecule has 7 heteroatoms. The quantitative estimate of drug-likeness (QED) is 0.460. The van der Waals surface area contributed by atoms with Crippen LogP contribution in [0, 0.1) is 5.92 Å². The molecular weight excluding hydrogens is 246 g/mol. The highest BCUT2D eigenvalue weighted by Gasteiger charge is 2.23. The molecule has 0 saturated carbocycles. The van der Waals surface area contributed by atoms with E-state index in [0.29, 0.717) is 13.0 Å². The average molecular weight is 267 g/mol. The van der Waals surface area contributed by atoms with Crippen LogP contribution in [0.1, 0.15) is 13.3 Å². The van der Waals surface area contributed by atoms with Gasteiger partial charge in [0, 0.05) is 27.3 Å². The smallest absolute Gasteiger partial charge is 0.309 e. The van der Waals surface area contributed by atoms with Gasteiger partial charge < -0.3 is 9.47 Å². The molecule has 1 atom stereocenters. The Labute approximate surface area is 103 Å². The van der Waals surface area contributed by atoms with Crippen LogP contribution >= 0.6 is 0 Å². The first-order valence-electron chi connectivity index (χ1n) is 5.36. The van der Waals surface area contributed by atoms with Crippen LogP contribution in [0.25, 0.3) is 0 Å². The Hall–Kier alpha value is -0.660. The SMILES string of the molecule is COCCCS(=O)(=O)N(C)CC(C)C(=O)OC. The highest BCUT2D eigenvalue weighted by atomic mass is 32.2. The predicted octanol–water partition coefficient (Wildman–Crippen LogP) is 0.0936. The Balaban J connectivity index is 4.28. The maximum atomic E-state index is 11.8. The van der Waals surface area contributed by atoms with Crippen molar-refractivity contribution in [2.24, 2.45) is 5.92 Å². The summed E-state index contributed by atoms with van der Waals surface area (Å²) in [5, 5.41) is 0. The molecule has 0 heterocycles. The molecule has 0 spiro atoms. The number of sulfonamides is 1. The van der Waals surface area contributed by atoms with Crippen molar-refractivity contribution in [3.63, 3.8) is 0 Å². The fourth-order valence-corrected chi connectivity index (χ4v) is 2.56. The fourth-order valence-electron chi connectivity index (χ4n) is 1.32. The second kappa shape index (κ2) is 7.62. The minimum atomic E-state index is -3.32. The van der Waals surface area contributed by atoms with E-state index in [1.54, 1.807) is 6.92 Å². The first-order valence-corrected chi connectivity index (χ1v) is 6.96. The van der Waals surface area contributed by atoms with Crippen molar-refractivity contribution in [1.29, 1.82) is 0 Å². The van der Waals surface area contributed by atoms with E-state index in [9.17, 15) is 13.2 Å². The molecule has 0 fully saturated rings. The Morgan fingerprint density at radius 2 is 1.94 bits per heavy atom. The fraction of sp³-hybridized carbons (Fsp3) is 0.900. The summed E-state index contributed by atoms with van der Waals surface area (Å²) in [5.74, 6) is -0.864. The van der Waals surface area contributed by atoms with Gasteiger partial charge in [0.25, 0.3) is 0 Å². The summed E-state index contributed by atoms with van der Waals surface area (Å²) in [6.45, 7) is 2.16. The lowest BCUT2D eigenvalue weighted by molar-refractivity contribution is -0.144. The molecule has 0 bridgehead atoms. The number of methoxy groups -OCH3 is 2. The monoisotopic (exact) mass is 267 g/mol. The first-order chi connectivity index (χ1) is 7.85. The Kier molecular flexibility index (Phi) is 7.33. The average Bonchev–Trinajstić information content (AvgIpc) is 2.27. The molecule has 102 valence electrons. The number of rotatable bonds is 8. The zero-order valence-electron chi connectivity index (χ0n) is 10.8. The maximum Gasteiger partial charge on any atom is 0.309 e. The zero-order chi connectivity index (χ0) is 13.5. The molecule has 0 saturated heterocycles. The summed E-state index contributed by atoms with van der Waals surface area (Å²) in [4.78, 5) is 11.2. The van der Waals surface area contributed by atoms with Gasteiger partial charge in [-0.2, -0.15) is 0 Å². The number of hydrogen-bond acceptors (Lipinski definition) is 5. The molecule has 0 aromatic carbocycles. The van der Waals surface area contributed by atoms with Crippen molar-refractivity contribution < 1.29 is 22.7 Å². The van der Waals surface area contributed by atoms with Crippen LogP contribution in [0.15, 0.2) is 0 Å². The molecule has 0 aliphatic heterocycles. The van der Waals surface area contributed by atoms with Crippen LogP contribution in [0.3, 0.4) is 0 Å². The van der Waals surface area contributed by atoms with Gasteiger partial charge in [-0.3, -0.25) is 4.79 Å². The van der Waals surface area contributed by atoms with E-state index in [1.807, 2.05) is 0 Å². The number of nitrogens with zero attached hydrogens (tertiary/aromatic N) is 1. The van der Waals surface area contributed by atoms with Gasteiger partial charge in [0.15, 0.2) is 0 Å². The van der Waals surface area contributed by atoms with Gasteiger partial charge in [0.05, 0.1) is 18.8 Å². The van der Waals surface area contributed by atoms with Crippen molar-refractivity contribution in [2.45, 2.75) is 13.3 Å². The van der Waals surface area contributed by atoms with Gasteiger partial charge in [-0.05, 0) is 6.42 Å². The molecule has 17 heavy (non-hydrogen) atoms. The minimum Gasteiger partial charge on any atom is -0.469 e. The number of ether oxygens (including phenoxy) is 2. The van der Waals surface area contributed by atoms with Gasteiger partial charge in [0.2, 0.25) is 10.0 Å². The highest BCUT2D eigenvalue weighted by Crippen LogP contribution is 2.06. The van der Waals surface area contributed by atoms with E-state index in [2.05, 4.69) is 4.74 Å². The molecule has 0 N–H and O–H groups in total. The number of hydrogen-bond donors (Lipinski definition) is 0. The lowest BCUT2D eigenvalue weighted by atomic mass is 10.2. The van der Waals surface area contributed by atoms with Crippen LogP contribution in [0.2, 0.25) is 0 Å². The van der Waals surface area contributed by atoms with Crippen LogP contribution in [-0.2, 0) is 24.3 Å². The number of carbonyl (C=O) groups is 1. The Morgan fingerprint density at radius 3 is 2.41 bits per heavy atom. The van der Waals surface area contributed by atoms with E-state index in [-0.39, 0.29) is 12.3 Å². The van der Waals surface area contributed by atoms with Crippen molar-refractivity contribution in [3.05, 3.63) is 0 Å². The number of carbonyl (C=O) groups excluding carboxylic acids is 1. The molecule has 0 radical (unpaired) electrons. The zero-order valence-corrected chi connectivity index (χ0v) is 11.6. The third-order valence-corrected chi connectivity index (χ3v) is 4.26. The highest BCUT2D eigenvalue weighted by molar-refractivity contribution is 7.89. The van der Waals surface area contributed by atoms with Gasteiger partial charge in [0.1, 0.15) is 0 Å². The van der Waals surface area contributed by atoms with Crippen molar-refractivity contribution >= 4 is 16.0 Å². The Bertz CT molecular complexity index is 328. The van der Waals surface area contributed by atoms with E-state index in [1.165, 1.54) is 25.6 Å². The minimum absolute atomic E-state index is 0.0191. The standard InChI is InChI=1S/C10H21NO5S/c1-9(10(12)16-4)8-11(2)17(13,14)7-5-6-15-3/h9H,5-8H2,1-4H3. The van der Waals surface area contributed by atoms with Gasteiger partial charge in [-0.15, -0.1) is 0 Å². The van der Waals surface area contributed by atoms with E-state index < -0.39 is 21.9 Å². The van der Waals surface area contributed by atoms with Crippen molar-refractivity contribution in [1.82, 2.24) is 4.31 Å². The predicted molar refractivity (Wildman–Crippen MR) is 64.1 cm³/mol. The van der Waals surface area contributed by atoms with Crippen LogP contribution in [-0.4, -0.2) is 58.9 Å². The second-order valence-corrected chi connectivity index (χ2v) is 6.06. The summed E-state index contributed by atoms with van der Waals surface area (Å²) in [7, 11) is 0.943. The normalized spacial score (nSPS) is 13.7. The van der Waals surface area contributed by atoms with E-state index in [4.69, 9.17) is 4.74 Å². The molecule has 6 nitrogen and oxygen atoms in total.